The van der Waals surface area contributed by atoms with Crippen molar-refractivity contribution in [2.24, 2.45) is 0 Å². The lowest BCUT2D eigenvalue weighted by atomic mass is 10.1. The molecule has 0 fully saturated rings. The highest BCUT2D eigenvalue weighted by Gasteiger charge is 2.34. The highest BCUT2D eigenvalue weighted by molar-refractivity contribution is 7.89. The van der Waals surface area contributed by atoms with E-state index in [2.05, 4.69) is 0 Å². The van der Waals surface area contributed by atoms with Gasteiger partial charge in [-0.05, 0) is 23.8 Å². The lowest BCUT2D eigenvalue weighted by molar-refractivity contribution is -0.384. The summed E-state index contributed by atoms with van der Waals surface area (Å²) in [5.41, 5.74) is -1.40. The maximum Gasteiger partial charge on any atom is 0.416 e. The molecule has 0 aliphatic rings. The summed E-state index contributed by atoms with van der Waals surface area (Å²) in [4.78, 5) is 9.68. The molecular formula is C15H13F3N2O4S. The molecule has 0 aliphatic carbocycles. The maximum atomic E-state index is 13.0. The number of sulfonamides is 1. The van der Waals surface area contributed by atoms with E-state index >= 15 is 0 Å². The third-order valence-corrected chi connectivity index (χ3v) is 5.29. The minimum Gasteiger partial charge on any atom is -0.258 e. The number of rotatable bonds is 5. The van der Waals surface area contributed by atoms with E-state index in [1.807, 2.05) is 0 Å². The Bertz CT molecular complexity index is 880. The van der Waals surface area contributed by atoms with Gasteiger partial charge in [0.05, 0.1) is 15.4 Å². The first-order valence-electron chi connectivity index (χ1n) is 6.89. The first-order valence-corrected chi connectivity index (χ1v) is 8.33. The number of nitro groups is 1. The van der Waals surface area contributed by atoms with Crippen LogP contribution < -0.4 is 0 Å². The Hall–Kier alpha value is -2.46. The Kier molecular flexibility index (Phi) is 5.14. The molecule has 2 aromatic rings. The molecule has 134 valence electrons. The predicted octanol–water partition coefficient (Wildman–Crippen LogP) is 3.43. The third-order valence-electron chi connectivity index (χ3n) is 3.47. The normalized spacial score (nSPS) is 12.4. The molecular weight excluding hydrogens is 361 g/mol. The lowest BCUT2D eigenvalue weighted by Crippen LogP contribution is -2.27. The van der Waals surface area contributed by atoms with Gasteiger partial charge in [-0.3, -0.25) is 10.1 Å². The zero-order chi connectivity index (χ0) is 18.8. The van der Waals surface area contributed by atoms with Crippen LogP contribution in [0.25, 0.3) is 0 Å². The Balaban J connectivity index is 2.31. The molecule has 0 aliphatic heterocycles. The van der Waals surface area contributed by atoms with Crippen LogP contribution in [0.4, 0.5) is 18.9 Å². The number of nitro benzene ring substituents is 1. The second-order valence-corrected chi connectivity index (χ2v) is 7.21. The van der Waals surface area contributed by atoms with Crippen molar-refractivity contribution in [3.63, 3.8) is 0 Å². The van der Waals surface area contributed by atoms with E-state index in [-0.39, 0.29) is 16.1 Å². The van der Waals surface area contributed by atoms with Crippen molar-refractivity contribution in [1.29, 1.82) is 0 Å². The van der Waals surface area contributed by atoms with E-state index in [1.54, 1.807) is 0 Å². The molecule has 25 heavy (non-hydrogen) atoms. The Morgan fingerprint density at radius 3 is 2.16 bits per heavy atom. The van der Waals surface area contributed by atoms with Gasteiger partial charge < -0.3 is 0 Å². The van der Waals surface area contributed by atoms with Crippen LogP contribution in [0.2, 0.25) is 0 Å². The number of alkyl halides is 3. The van der Waals surface area contributed by atoms with Gasteiger partial charge in [0.15, 0.2) is 0 Å². The second kappa shape index (κ2) is 6.81. The summed E-state index contributed by atoms with van der Waals surface area (Å²) in [5, 5.41) is 10.6. The summed E-state index contributed by atoms with van der Waals surface area (Å²) in [6.07, 6.45) is -4.60. The van der Waals surface area contributed by atoms with Gasteiger partial charge in [-0.15, -0.1) is 0 Å². The minimum atomic E-state index is -4.60. The number of halogens is 3. The van der Waals surface area contributed by atoms with Crippen molar-refractivity contribution in [3.8, 4) is 0 Å². The topological polar surface area (TPSA) is 80.5 Å². The van der Waals surface area contributed by atoms with Gasteiger partial charge in [0.1, 0.15) is 0 Å². The number of benzene rings is 2. The average Bonchev–Trinajstić information content (AvgIpc) is 2.54. The van der Waals surface area contributed by atoms with Gasteiger partial charge in [-0.1, -0.05) is 18.2 Å². The standard InChI is InChI=1S/C15H13F3N2O4S/c1-19(10-11-4-2-3-5-14(11)15(16,17)18)25(23,24)13-8-6-12(7-9-13)20(21)22/h2-9H,10H2,1H3. The van der Waals surface area contributed by atoms with E-state index < -0.39 is 33.2 Å². The third kappa shape index (κ3) is 4.15. The number of hydrogen-bond donors (Lipinski definition) is 0. The molecule has 0 radical (unpaired) electrons. The van der Waals surface area contributed by atoms with Crippen LogP contribution in [0, 0.1) is 10.1 Å². The number of non-ortho nitro benzene ring substituents is 1. The van der Waals surface area contributed by atoms with Gasteiger partial charge >= 0.3 is 6.18 Å². The molecule has 0 heterocycles. The molecule has 0 bridgehead atoms. The van der Waals surface area contributed by atoms with Gasteiger partial charge in [0, 0.05) is 25.7 Å². The first kappa shape index (κ1) is 18.9. The van der Waals surface area contributed by atoms with Crippen molar-refractivity contribution < 1.29 is 26.5 Å². The summed E-state index contributed by atoms with van der Waals surface area (Å²) >= 11 is 0. The fraction of sp³-hybridized carbons (Fsp3) is 0.200. The van der Waals surface area contributed by atoms with Crippen molar-refractivity contribution in [2.75, 3.05) is 7.05 Å². The molecule has 0 unspecified atom stereocenters. The van der Waals surface area contributed by atoms with Gasteiger partial charge in [0.25, 0.3) is 5.69 Å². The fourth-order valence-corrected chi connectivity index (χ4v) is 3.33. The van der Waals surface area contributed by atoms with E-state index in [1.165, 1.54) is 18.2 Å². The van der Waals surface area contributed by atoms with Crippen LogP contribution in [0.5, 0.6) is 0 Å². The Morgan fingerprint density at radius 2 is 1.64 bits per heavy atom. The smallest absolute Gasteiger partial charge is 0.258 e. The van der Waals surface area contributed by atoms with Gasteiger partial charge in [-0.25, -0.2) is 8.42 Å². The van der Waals surface area contributed by atoms with Crippen LogP contribution in [0.1, 0.15) is 11.1 Å². The highest BCUT2D eigenvalue weighted by Crippen LogP contribution is 2.33. The Morgan fingerprint density at radius 1 is 1.08 bits per heavy atom. The monoisotopic (exact) mass is 374 g/mol. The molecule has 0 aromatic heterocycles. The predicted molar refractivity (Wildman–Crippen MR) is 83.2 cm³/mol. The van der Waals surface area contributed by atoms with Crippen molar-refractivity contribution >= 4 is 15.7 Å². The first-order chi connectivity index (χ1) is 11.5. The summed E-state index contributed by atoms with van der Waals surface area (Å²) < 4.78 is 64.7. The molecule has 10 heteroatoms. The molecule has 2 rings (SSSR count). The average molecular weight is 374 g/mol. The molecule has 2 aromatic carbocycles. The van der Waals surface area contributed by atoms with Crippen molar-refractivity contribution in [1.82, 2.24) is 4.31 Å². The maximum absolute atomic E-state index is 13.0. The zero-order valence-corrected chi connectivity index (χ0v) is 13.7. The summed E-state index contributed by atoms with van der Waals surface area (Å²) in [6, 6.07) is 8.80. The summed E-state index contributed by atoms with van der Waals surface area (Å²) in [7, 11) is -2.96. The Labute approximate surface area is 141 Å². The van der Waals surface area contributed by atoms with Crippen LogP contribution in [0.3, 0.4) is 0 Å². The van der Waals surface area contributed by atoms with Crippen molar-refractivity contribution in [3.05, 3.63) is 69.8 Å². The molecule has 6 nitrogen and oxygen atoms in total. The number of hydrogen-bond acceptors (Lipinski definition) is 4. The van der Waals surface area contributed by atoms with Gasteiger partial charge in [-0.2, -0.15) is 17.5 Å². The van der Waals surface area contributed by atoms with Crippen molar-refractivity contribution in [2.45, 2.75) is 17.6 Å². The van der Waals surface area contributed by atoms with Crippen LogP contribution >= 0.6 is 0 Å². The molecule has 0 atom stereocenters. The minimum absolute atomic E-state index is 0.192. The molecule has 0 saturated carbocycles. The van der Waals surface area contributed by atoms with E-state index in [4.69, 9.17) is 0 Å². The highest BCUT2D eigenvalue weighted by atomic mass is 32.2. The molecule has 0 amide bonds. The largest absolute Gasteiger partial charge is 0.416 e. The van der Waals surface area contributed by atoms with Crippen LogP contribution in [-0.2, 0) is 22.7 Å². The zero-order valence-electron chi connectivity index (χ0n) is 12.9. The molecule has 0 spiro atoms. The summed E-state index contributed by atoms with van der Waals surface area (Å²) in [5.74, 6) is 0. The van der Waals surface area contributed by atoms with Crippen LogP contribution in [0.15, 0.2) is 53.4 Å². The summed E-state index contributed by atoms with van der Waals surface area (Å²) in [6.45, 7) is -0.491. The second-order valence-electron chi connectivity index (χ2n) is 5.17. The number of nitrogens with zero attached hydrogens (tertiary/aromatic N) is 2. The van der Waals surface area contributed by atoms with Gasteiger partial charge in [0.2, 0.25) is 10.0 Å². The van der Waals surface area contributed by atoms with E-state index in [0.29, 0.717) is 0 Å². The quantitative estimate of drug-likeness (QED) is 0.593. The van der Waals surface area contributed by atoms with Crippen LogP contribution in [-0.4, -0.2) is 24.7 Å². The van der Waals surface area contributed by atoms with E-state index in [9.17, 15) is 31.7 Å². The lowest BCUT2D eigenvalue weighted by Gasteiger charge is -2.20. The molecule has 0 saturated heterocycles. The SMILES string of the molecule is CN(Cc1ccccc1C(F)(F)F)S(=O)(=O)c1ccc([N+](=O)[O-])cc1. The molecule has 0 N–H and O–H groups in total. The fourth-order valence-electron chi connectivity index (χ4n) is 2.18. The van der Waals surface area contributed by atoms with E-state index in [0.717, 1.165) is 41.7 Å².